The molecule has 3 aromatic rings. The molecule has 0 radical (unpaired) electrons. The number of carbonyl (C=O) groups is 1. The Morgan fingerprint density at radius 3 is 2.83 bits per heavy atom. The molecule has 0 N–H and O–H groups in total. The molecule has 6 heteroatoms. The van der Waals surface area contributed by atoms with Crippen molar-refractivity contribution in [2.45, 2.75) is 39.2 Å². The Morgan fingerprint density at radius 1 is 1.17 bits per heavy atom. The van der Waals surface area contributed by atoms with Crippen LogP contribution in [0.1, 0.15) is 53.0 Å². The zero-order valence-electron chi connectivity index (χ0n) is 16.4. The zero-order chi connectivity index (χ0) is 20.4. The molecule has 0 saturated carbocycles. The van der Waals surface area contributed by atoms with E-state index in [0.717, 1.165) is 28.1 Å². The van der Waals surface area contributed by atoms with E-state index in [4.69, 9.17) is 0 Å². The number of carbonyl (C=O) groups excluding carboxylic acids is 1. The fourth-order valence-electron chi connectivity index (χ4n) is 3.65. The molecule has 0 aromatic carbocycles. The third-order valence-corrected chi connectivity index (χ3v) is 5.04. The van der Waals surface area contributed by atoms with E-state index in [1.165, 1.54) is 6.07 Å². The van der Waals surface area contributed by atoms with Crippen molar-refractivity contribution in [3.05, 3.63) is 88.5 Å². The second-order valence-electron chi connectivity index (χ2n) is 7.37. The number of hydrogen-bond donors (Lipinski definition) is 0. The van der Waals surface area contributed by atoms with Gasteiger partial charge in [0.1, 0.15) is 11.6 Å². The number of nitrogens with zero attached hydrogens (tertiary/aromatic N) is 4. The number of pyridine rings is 3. The SMILES string of the molecule is Cc1cc(C2=NCc3cc(CC(=O)C[C@H](C)c4ncccc4F)ncc32)ccn1. The molecule has 3 aromatic heterocycles. The second kappa shape index (κ2) is 7.99. The van der Waals surface area contributed by atoms with Gasteiger partial charge < -0.3 is 0 Å². The number of Topliss-reactive ketones (excluding diaryl/α,β-unsaturated/α-hetero) is 1. The first-order chi connectivity index (χ1) is 14.0. The third-order valence-electron chi connectivity index (χ3n) is 5.04. The quantitative estimate of drug-likeness (QED) is 0.641. The van der Waals surface area contributed by atoms with Crippen molar-refractivity contribution in [1.82, 2.24) is 15.0 Å². The van der Waals surface area contributed by atoms with Crippen LogP contribution >= 0.6 is 0 Å². The average molecular weight is 388 g/mol. The van der Waals surface area contributed by atoms with Crippen molar-refractivity contribution in [3.63, 3.8) is 0 Å². The van der Waals surface area contributed by atoms with Gasteiger partial charge in [-0.2, -0.15) is 0 Å². The summed E-state index contributed by atoms with van der Waals surface area (Å²) in [6, 6.07) is 8.81. The largest absolute Gasteiger partial charge is 0.299 e. The minimum absolute atomic E-state index is 0.0129. The highest BCUT2D eigenvalue weighted by atomic mass is 19.1. The molecule has 1 atom stereocenters. The van der Waals surface area contributed by atoms with Crippen LogP contribution < -0.4 is 0 Å². The molecule has 29 heavy (non-hydrogen) atoms. The standard InChI is InChI=1S/C23H21FN4O/c1-14(22-21(24)4-3-6-26-22)8-19(29)11-18-10-17-12-28-23(20(17)13-27-18)16-5-7-25-15(2)9-16/h3-7,9-10,13-14H,8,11-12H2,1-2H3/t14-/m0/s1. The van der Waals surface area contributed by atoms with E-state index < -0.39 is 0 Å². The smallest absolute Gasteiger partial charge is 0.144 e. The highest BCUT2D eigenvalue weighted by Crippen LogP contribution is 2.24. The minimum atomic E-state index is -0.375. The van der Waals surface area contributed by atoms with Gasteiger partial charge in [-0.25, -0.2) is 4.39 Å². The van der Waals surface area contributed by atoms with Crippen LogP contribution in [0.5, 0.6) is 0 Å². The van der Waals surface area contributed by atoms with E-state index in [0.29, 0.717) is 17.9 Å². The van der Waals surface area contributed by atoms with Gasteiger partial charge >= 0.3 is 0 Å². The van der Waals surface area contributed by atoms with Crippen molar-refractivity contribution in [2.24, 2.45) is 4.99 Å². The van der Waals surface area contributed by atoms with Gasteiger partial charge in [-0.1, -0.05) is 6.92 Å². The highest BCUT2D eigenvalue weighted by Gasteiger charge is 2.21. The molecule has 1 aliphatic rings. The molecule has 0 bridgehead atoms. The summed E-state index contributed by atoms with van der Waals surface area (Å²) >= 11 is 0. The van der Waals surface area contributed by atoms with Crippen molar-refractivity contribution in [2.75, 3.05) is 0 Å². The van der Waals surface area contributed by atoms with Crippen molar-refractivity contribution in [1.29, 1.82) is 0 Å². The number of hydrogen-bond acceptors (Lipinski definition) is 5. The van der Waals surface area contributed by atoms with Gasteiger partial charge in [0.2, 0.25) is 0 Å². The van der Waals surface area contributed by atoms with Gasteiger partial charge in [0.15, 0.2) is 0 Å². The fraction of sp³-hybridized carbons (Fsp3) is 0.261. The Bertz CT molecular complexity index is 1110. The molecule has 0 fully saturated rings. The molecular weight excluding hydrogens is 367 g/mol. The second-order valence-corrected chi connectivity index (χ2v) is 7.37. The van der Waals surface area contributed by atoms with Gasteiger partial charge in [-0.15, -0.1) is 0 Å². The lowest BCUT2D eigenvalue weighted by Crippen LogP contribution is -2.11. The molecule has 146 valence electrons. The van der Waals surface area contributed by atoms with Crippen LogP contribution in [0.4, 0.5) is 4.39 Å². The van der Waals surface area contributed by atoms with Gasteiger partial charge in [-0.3, -0.25) is 24.7 Å². The molecule has 4 rings (SSSR count). The number of fused-ring (bicyclic) bond motifs is 1. The number of rotatable bonds is 6. The predicted octanol–water partition coefficient (Wildman–Crippen LogP) is 3.98. The first kappa shape index (κ1) is 19.1. The molecule has 0 amide bonds. The molecule has 0 aliphatic carbocycles. The number of aliphatic imine (C=N–C) groups is 1. The summed E-state index contributed by atoms with van der Waals surface area (Å²) in [5.41, 5.74) is 5.97. The lowest BCUT2D eigenvalue weighted by molar-refractivity contribution is -0.118. The first-order valence-corrected chi connectivity index (χ1v) is 9.59. The van der Waals surface area contributed by atoms with Crippen molar-refractivity contribution in [3.8, 4) is 0 Å². The number of halogens is 1. The summed E-state index contributed by atoms with van der Waals surface area (Å²) in [6.45, 7) is 4.34. The Balaban J connectivity index is 1.45. The van der Waals surface area contributed by atoms with Crippen molar-refractivity contribution < 1.29 is 9.18 Å². The first-order valence-electron chi connectivity index (χ1n) is 9.59. The topological polar surface area (TPSA) is 68.1 Å². The van der Waals surface area contributed by atoms with Gasteiger partial charge in [0.25, 0.3) is 0 Å². The lowest BCUT2D eigenvalue weighted by atomic mass is 9.96. The van der Waals surface area contributed by atoms with Gasteiger partial charge in [-0.05, 0) is 42.8 Å². The summed E-state index contributed by atoms with van der Waals surface area (Å²) in [5.74, 6) is -0.638. The molecule has 0 unspecified atom stereocenters. The summed E-state index contributed by atoms with van der Waals surface area (Å²) < 4.78 is 13.9. The summed E-state index contributed by atoms with van der Waals surface area (Å²) in [6.07, 6.45) is 5.56. The zero-order valence-corrected chi connectivity index (χ0v) is 16.4. The fourth-order valence-corrected chi connectivity index (χ4v) is 3.65. The molecular formula is C23H21FN4O. The van der Waals surface area contributed by atoms with Crippen LogP contribution in [0.3, 0.4) is 0 Å². The van der Waals surface area contributed by atoms with Crippen LogP contribution in [-0.4, -0.2) is 26.4 Å². The van der Waals surface area contributed by atoms with Crippen LogP contribution in [-0.2, 0) is 17.8 Å². The Hall–Kier alpha value is -3.28. The predicted molar refractivity (Wildman–Crippen MR) is 108 cm³/mol. The molecule has 4 heterocycles. The van der Waals surface area contributed by atoms with E-state index in [1.807, 2.05) is 32.0 Å². The van der Waals surface area contributed by atoms with Gasteiger partial charge in [0, 0.05) is 59.9 Å². The van der Waals surface area contributed by atoms with Crippen LogP contribution in [0.15, 0.2) is 53.9 Å². The number of aryl methyl sites for hydroxylation is 1. The Kier molecular flexibility index (Phi) is 5.25. The molecule has 5 nitrogen and oxygen atoms in total. The van der Waals surface area contributed by atoms with E-state index >= 15 is 0 Å². The average Bonchev–Trinajstić information content (AvgIpc) is 3.11. The Morgan fingerprint density at radius 2 is 2.03 bits per heavy atom. The van der Waals surface area contributed by atoms with Gasteiger partial charge in [0.05, 0.1) is 18.0 Å². The van der Waals surface area contributed by atoms with Crippen LogP contribution in [0, 0.1) is 12.7 Å². The normalized spacial score (nSPS) is 13.7. The van der Waals surface area contributed by atoms with Crippen LogP contribution in [0.2, 0.25) is 0 Å². The van der Waals surface area contributed by atoms with E-state index in [9.17, 15) is 9.18 Å². The maximum atomic E-state index is 13.9. The van der Waals surface area contributed by atoms with E-state index in [1.54, 1.807) is 24.7 Å². The number of aromatic nitrogens is 3. The number of ketones is 1. The van der Waals surface area contributed by atoms with E-state index in [2.05, 4.69) is 19.9 Å². The Labute approximate surface area is 168 Å². The maximum Gasteiger partial charge on any atom is 0.144 e. The monoisotopic (exact) mass is 388 g/mol. The summed E-state index contributed by atoms with van der Waals surface area (Å²) in [7, 11) is 0. The van der Waals surface area contributed by atoms with E-state index in [-0.39, 0.29) is 30.4 Å². The maximum absolute atomic E-state index is 13.9. The molecule has 1 aliphatic heterocycles. The summed E-state index contributed by atoms with van der Waals surface area (Å²) in [4.78, 5) is 29.9. The van der Waals surface area contributed by atoms with Crippen molar-refractivity contribution >= 4 is 11.5 Å². The van der Waals surface area contributed by atoms with Crippen LogP contribution in [0.25, 0.3) is 0 Å². The lowest BCUT2D eigenvalue weighted by Gasteiger charge is -2.11. The third kappa shape index (κ3) is 4.11. The molecule has 0 saturated heterocycles. The minimum Gasteiger partial charge on any atom is -0.299 e. The molecule has 0 spiro atoms. The summed E-state index contributed by atoms with van der Waals surface area (Å²) in [5, 5.41) is 0. The highest BCUT2D eigenvalue weighted by molar-refractivity contribution is 6.15.